The molecule has 0 saturated carbocycles. The molecule has 0 amide bonds. The van der Waals surface area contributed by atoms with Crippen LogP contribution in [0.3, 0.4) is 0 Å². The van der Waals surface area contributed by atoms with Crippen molar-refractivity contribution in [2.45, 2.75) is 26.8 Å². The van der Waals surface area contributed by atoms with E-state index in [9.17, 15) is 4.39 Å². The molecule has 1 heterocycles. The molecule has 0 radical (unpaired) electrons. The minimum atomic E-state index is -0.332. The van der Waals surface area contributed by atoms with E-state index in [-0.39, 0.29) is 11.9 Å². The fourth-order valence-corrected chi connectivity index (χ4v) is 2.60. The fourth-order valence-electron chi connectivity index (χ4n) is 2.60. The SMILES string of the molecule is CCNC(c1ccc(F)cn1)c1c(C)cc(C)cc1OC. The smallest absolute Gasteiger partial charge is 0.141 e. The number of halogens is 1. The van der Waals surface area contributed by atoms with Crippen LogP contribution in [0.15, 0.2) is 30.5 Å². The molecule has 1 aromatic heterocycles. The molecule has 0 aliphatic carbocycles. The lowest BCUT2D eigenvalue weighted by atomic mass is 9.95. The van der Waals surface area contributed by atoms with Gasteiger partial charge in [-0.25, -0.2) is 4.39 Å². The van der Waals surface area contributed by atoms with E-state index < -0.39 is 0 Å². The van der Waals surface area contributed by atoms with Gasteiger partial charge in [-0.05, 0) is 49.7 Å². The molecule has 1 N–H and O–H groups in total. The Morgan fingerprint density at radius 2 is 2.05 bits per heavy atom. The molecular formula is C17H21FN2O. The topological polar surface area (TPSA) is 34.2 Å². The molecule has 4 heteroatoms. The molecule has 3 nitrogen and oxygen atoms in total. The van der Waals surface area contributed by atoms with E-state index in [4.69, 9.17) is 4.74 Å². The third-order valence-electron chi connectivity index (χ3n) is 3.46. The lowest BCUT2D eigenvalue weighted by Crippen LogP contribution is -2.24. The first-order valence-electron chi connectivity index (χ1n) is 7.06. The zero-order valence-electron chi connectivity index (χ0n) is 12.9. The molecule has 1 unspecified atom stereocenters. The average Bonchev–Trinajstić information content (AvgIpc) is 2.46. The highest BCUT2D eigenvalue weighted by molar-refractivity contribution is 5.47. The molecule has 1 aromatic carbocycles. The zero-order chi connectivity index (χ0) is 15.4. The highest BCUT2D eigenvalue weighted by Gasteiger charge is 2.21. The first-order chi connectivity index (χ1) is 10.1. The molecule has 0 aliphatic heterocycles. The first-order valence-corrected chi connectivity index (χ1v) is 7.06. The Kier molecular flexibility index (Phi) is 4.91. The van der Waals surface area contributed by atoms with Crippen molar-refractivity contribution < 1.29 is 9.13 Å². The van der Waals surface area contributed by atoms with Crippen LogP contribution in [0.4, 0.5) is 4.39 Å². The number of ether oxygens (including phenoxy) is 1. The lowest BCUT2D eigenvalue weighted by molar-refractivity contribution is 0.402. The molecule has 21 heavy (non-hydrogen) atoms. The van der Waals surface area contributed by atoms with Gasteiger partial charge >= 0.3 is 0 Å². The van der Waals surface area contributed by atoms with Gasteiger partial charge in [0.15, 0.2) is 0 Å². The number of rotatable bonds is 5. The Labute approximate surface area is 125 Å². The molecule has 0 saturated heterocycles. The predicted molar refractivity (Wildman–Crippen MR) is 82.2 cm³/mol. The maximum absolute atomic E-state index is 13.1. The van der Waals surface area contributed by atoms with E-state index in [1.165, 1.54) is 12.3 Å². The van der Waals surface area contributed by atoms with Crippen molar-refractivity contribution in [1.82, 2.24) is 10.3 Å². The van der Waals surface area contributed by atoms with Crippen LogP contribution in [0, 0.1) is 19.7 Å². The summed E-state index contributed by atoms with van der Waals surface area (Å²) in [6.45, 7) is 6.91. The van der Waals surface area contributed by atoms with Crippen LogP contribution in [-0.2, 0) is 0 Å². The number of nitrogens with zero attached hydrogens (tertiary/aromatic N) is 1. The zero-order valence-corrected chi connectivity index (χ0v) is 12.9. The summed E-state index contributed by atoms with van der Waals surface area (Å²) in [5.41, 5.74) is 4.10. The Balaban J connectivity index is 2.55. The minimum Gasteiger partial charge on any atom is -0.496 e. The van der Waals surface area contributed by atoms with E-state index in [1.54, 1.807) is 13.2 Å². The van der Waals surface area contributed by atoms with Crippen LogP contribution < -0.4 is 10.1 Å². The summed E-state index contributed by atoms with van der Waals surface area (Å²) in [6.07, 6.45) is 1.25. The van der Waals surface area contributed by atoms with Crippen molar-refractivity contribution in [3.05, 3.63) is 58.7 Å². The van der Waals surface area contributed by atoms with Crippen molar-refractivity contribution in [3.63, 3.8) is 0 Å². The van der Waals surface area contributed by atoms with Crippen LogP contribution >= 0.6 is 0 Å². The van der Waals surface area contributed by atoms with Gasteiger partial charge in [0.25, 0.3) is 0 Å². The van der Waals surface area contributed by atoms with Crippen molar-refractivity contribution in [2.75, 3.05) is 13.7 Å². The van der Waals surface area contributed by atoms with Crippen LogP contribution in [-0.4, -0.2) is 18.6 Å². The second kappa shape index (κ2) is 6.68. The number of methoxy groups -OCH3 is 1. The van der Waals surface area contributed by atoms with Crippen molar-refractivity contribution in [2.24, 2.45) is 0 Å². The maximum atomic E-state index is 13.1. The molecule has 1 atom stereocenters. The van der Waals surface area contributed by atoms with Crippen LogP contribution in [0.5, 0.6) is 5.75 Å². The summed E-state index contributed by atoms with van der Waals surface area (Å²) < 4.78 is 18.6. The normalized spacial score (nSPS) is 12.2. The monoisotopic (exact) mass is 288 g/mol. The van der Waals surface area contributed by atoms with Crippen molar-refractivity contribution in [1.29, 1.82) is 0 Å². The highest BCUT2D eigenvalue weighted by atomic mass is 19.1. The van der Waals surface area contributed by atoms with Crippen molar-refractivity contribution in [3.8, 4) is 5.75 Å². The number of benzene rings is 1. The summed E-state index contributed by atoms with van der Waals surface area (Å²) in [5, 5.41) is 3.40. The average molecular weight is 288 g/mol. The molecule has 112 valence electrons. The number of nitrogens with one attached hydrogen (secondary N) is 1. The van der Waals surface area contributed by atoms with Gasteiger partial charge in [-0.2, -0.15) is 0 Å². The standard InChI is InChI=1S/C17H21FN2O/c1-5-19-17(14-7-6-13(18)10-20-14)16-12(3)8-11(2)9-15(16)21-4/h6-10,17,19H,5H2,1-4H3. The predicted octanol–water partition coefficient (Wildman–Crippen LogP) is 3.55. The van der Waals surface area contributed by atoms with Crippen molar-refractivity contribution >= 4 is 0 Å². The largest absolute Gasteiger partial charge is 0.496 e. The van der Waals surface area contributed by atoms with Gasteiger partial charge in [0.05, 0.1) is 25.0 Å². The number of pyridine rings is 1. The van der Waals surface area contributed by atoms with Gasteiger partial charge in [0.2, 0.25) is 0 Å². The molecule has 0 aliphatic rings. The maximum Gasteiger partial charge on any atom is 0.141 e. The van der Waals surface area contributed by atoms with Gasteiger partial charge in [0, 0.05) is 5.56 Å². The quantitative estimate of drug-likeness (QED) is 0.913. The summed E-state index contributed by atoms with van der Waals surface area (Å²) in [7, 11) is 1.67. The van der Waals surface area contributed by atoms with Gasteiger partial charge in [-0.3, -0.25) is 4.98 Å². The second-order valence-corrected chi connectivity index (χ2v) is 5.09. The van der Waals surface area contributed by atoms with E-state index >= 15 is 0 Å². The summed E-state index contributed by atoms with van der Waals surface area (Å²) in [4.78, 5) is 4.22. The summed E-state index contributed by atoms with van der Waals surface area (Å²) >= 11 is 0. The van der Waals surface area contributed by atoms with Gasteiger partial charge < -0.3 is 10.1 Å². The fraction of sp³-hybridized carbons (Fsp3) is 0.353. The molecule has 2 rings (SSSR count). The number of aryl methyl sites for hydroxylation is 2. The molecule has 0 fully saturated rings. The summed E-state index contributed by atoms with van der Waals surface area (Å²) in [6, 6.07) is 7.15. The molecule has 0 bridgehead atoms. The molecule has 0 spiro atoms. The Morgan fingerprint density at radius 3 is 2.62 bits per heavy atom. The number of hydrogen-bond acceptors (Lipinski definition) is 3. The minimum absolute atomic E-state index is 0.119. The van der Waals surface area contributed by atoms with E-state index in [1.807, 2.05) is 19.9 Å². The van der Waals surface area contributed by atoms with E-state index in [0.29, 0.717) is 0 Å². The Morgan fingerprint density at radius 1 is 1.29 bits per heavy atom. The molecule has 2 aromatic rings. The Bertz CT molecular complexity index is 611. The summed E-state index contributed by atoms with van der Waals surface area (Å²) in [5.74, 6) is 0.492. The third kappa shape index (κ3) is 3.39. The van der Waals surface area contributed by atoms with Crippen LogP contribution in [0.25, 0.3) is 0 Å². The number of hydrogen-bond donors (Lipinski definition) is 1. The lowest BCUT2D eigenvalue weighted by Gasteiger charge is -2.23. The molecular weight excluding hydrogens is 267 g/mol. The van der Waals surface area contributed by atoms with Gasteiger partial charge in [-0.1, -0.05) is 13.0 Å². The Hall–Kier alpha value is -1.94. The first kappa shape index (κ1) is 15.4. The van der Waals surface area contributed by atoms with E-state index in [2.05, 4.69) is 23.3 Å². The van der Waals surface area contributed by atoms with Gasteiger partial charge in [-0.15, -0.1) is 0 Å². The van der Waals surface area contributed by atoms with Crippen LogP contribution in [0.1, 0.15) is 35.3 Å². The van der Waals surface area contributed by atoms with Crippen LogP contribution in [0.2, 0.25) is 0 Å². The van der Waals surface area contributed by atoms with Gasteiger partial charge in [0.1, 0.15) is 11.6 Å². The number of aromatic nitrogens is 1. The highest BCUT2D eigenvalue weighted by Crippen LogP contribution is 2.33. The van der Waals surface area contributed by atoms with E-state index in [0.717, 1.165) is 34.7 Å². The third-order valence-corrected chi connectivity index (χ3v) is 3.46. The second-order valence-electron chi connectivity index (χ2n) is 5.09.